The number of imidazole rings is 1. The maximum absolute atomic E-state index is 9.87. The maximum atomic E-state index is 9.87. The first kappa shape index (κ1) is 14.0. The minimum absolute atomic E-state index is 0.161. The number of pyridine rings is 1. The van der Waals surface area contributed by atoms with Gasteiger partial charge >= 0.3 is 0 Å². The Labute approximate surface area is 134 Å². The van der Waals surface area contributed by atoms with Crippen molar-refractivity contribution in [3.63, 3.8) is 0 Å². The van der Waals surface area contributed by atoms with Gasteiger partial charge in [-0.2, -0.15) is 0 Å². The lowest BCUT2D eigenvalue weighted by molar-refractivity contribution is 0.461. The first-order valence-electron chi connectivity index (χ1n) is 8.06. The largest absolute Gasteiger partial charge is 0.504 e. The number of aromatic hydroxyl groups is 1. The smallest absolute Gasteiger partial charge is 0.223 e. The van der Waals surface area contributed by atoms with E-state index in [1.807, 2.05) is 16.7 Å². The van der Waals surface area contributed by atoms with Gasteiger partial charge in [-0.15, -0.1) is 0 Å². The minimum atomic E-state index is 0.161. The highest BCUT2D eigenvalue weighted by Gasteiger charge is 2.15. The quantitative estimate of drug-likeness (QED) is 0.777. The normalized spacial score (nSPS) is 15.8. The standard InChI is InChI=1S/C17H19N5O/c23-15-7-4-10-22-14(11-19-16(15)22)13-8-9-18-17(21-13)20-12-5-2-1-3-6-12/h4,7-12,23H,1-3,5-6H2,(H,18,20,21). The first-order chi connectivity index (χ1) is 11.3. The van der Waals surface area contributed by atoms with Crippen molar-refractivity contribution in [3.8, 4) is 17.1 Å². The predicted molar refractivity (Wildman–Crippen MR) is 88.4 cm³/mol. The molecular formula is C17H19N5O. The van der Waals surface area contributed by atoms with E-state index in [1.54, 1.807) is 24.5 Å². The van der Waals surface area contributed by atoms with Crippen LogP contribution in [-0.4, -0.2) is 30.5 Å². The van der Waals surface area contributed by atoms with Gasteiger partial charge in [0.25, 0.3) is 0 Å². The topological polar surface area (TPSA) is 75.3 Å². The summed E-state index contributed by atoms with van der Waals surface area (Å²) in [5, 5.41) is 13.3. The fourth-order valence-electron chi connectivity index (χ4n) is 3.19. The van der Waals surface area contributed by atoms with Crippen LogP contribution in [0.25, 0.3) is 17.0 Å². The number of nitrogens with zero attached hydrogens (tertiary/aromatic N) is 4. The Kier molecular flexibility index (Phi) is 3.57. The Balaban J connectivity index is 1.66. The second-order valence-corrected chi connectivity index (χ2v) is 5.98. The van der Waals surface area contributed by atoms with Crippen molar-refractivity contribution in [1.29, 1.82) is 0 Å². The third kappa shape index (κ3) is 2.72. The van der Waals surface area contributed by atoms with Crippen LogP contribution in [0, 0.1) is 0 Å². The van der Waals surface area contributed by atoms with E-state index >= 15 is 0 Å². The first-order valence-corrected chi connectivity index (χ1v) is 8.06. The van der Waals surface area contributed by atoms with Crippen molar-refractivity contribution in [2.24, 2.45) is 0 Å². The van der Waals surface area contributed by atoms with E-state index in [0.717, 1.165) is 11.4 Å². The molecule has 3 aromatic heterocycles. The number of aromatic nitrogens is 4. The third-order valence-electron chi connectivity index (χ3n) is 4.37. The molecule has 0 amide bonds. The van der Waals surface area contributed by atoms with Gasteiger partial charge in [-0.25, -0.2) is 15.0 Å². The van der Waals surface area contributed by atoms with Crippen LogP contribution in [0.5, 0.6) is 5.75 Å². The second-order valence-electron chi connectivity index (χ2n) is 5.98. The fraction of sp³-hybridized carbons (Fsp3) is 0.353. The van der Waals surface area contributed by atoms with Gasteiger partial charge < -0.3 is 10.4 Å². The molecule has 0 saturated heterocycles. The average molecular weight is 309 g/mol. The summed E-state index contributed by atoms with van der Waals surface area (Å²) in [5.74, 6) is 0.817. The molecule has 1 aliphatic carbocycles. The van der Waals surface area contributed by atoms with E-state index in [9.17, 15) is 5.11 Å². The highest BCUT2D eigenvalue weighted by Crippen LogP contribution is 2.25. The average Bonchev–Trinajstić information content (AvgIpc) is 3.02. The van der Waals surface area contributed by atoms with E-state index < -0.39 is 0 Å². The van der Waals surface area contributed by atoms with Crippen molar-refractivity contribution in [1.82, 2.24) is 19.4 Å². The Hall–Kier alpha value is -2.63. The molecular weight excluding hydrogens is 290 g/mol. The number of hydrogen-bond donors (Lipinski definition) is 2. The maximum Gasteiger partial charge on any atom is 0.223 e. The van der Waals surface area contributed by atoms with Crippen molar-refractivity contribution in [3.05, 3.63) is 36.8 Å². The summed E-state index contributed by atoms with van der Waals surface area (Å²) in [6.07, 6.45) is 11.6. The van der Waals surface area contributed by atoms with Crippen LogP contribution < -0.4 is 5.32 Å². The SMILES string of the molecule is Oc1cccn2c(-c3ccnc(NC4CCCCC4)n3)cnc12. The summed E-state index contributed by atoms with van der Waals surface area (Å²) in [5.41, 5.74) is 2.16. The summed E-state index contributed by atoms with van der Waals surface area (Å²) in [6, 6.07) is 5.74. The van der Waals surface area contributed by atoms with E-state index in [-0.39, 0.29) is 5.75 Å². The van der Waals surface area contributed by atoms with Crippen LogP contribution >= 0.6 is 0 Å². The van der Waals surface area contributed by atoms with Gasteiger partial charge in [-0.3, -0.25) is 4.40 Å². The van der Waals surface area contributed by atoms with Crippen LogP contribution in [0.1, 0.15) is 32.1 Å². The molecule has 6 heteroatoms. The van der Waals surface area contributed by atoms with Gasteiger partial charge in [-0.1, -0.05) is 19.3 Å². The zero-order valence-corrected chi connectivity index (χ0v) is 12.8. The molecule has 3 heterocycles. The van der Waals surface area contributed by atoms with Gasteiger partial charge in [0.15, 0.2) is 11.4 Å². The molecule has 0 aliphatic heterocycles. The van der Waals surface area contributed by atoms with Crippen LogP contribution in [0.3, 0.4) is 0 Å². The van der Waals surface area contributed by atoms with Crippen LogP contribution in [0.4, 0.5) is 5.95 Å². The van der Waals surface area contributed by atoms with Crippen LogP contribution in [0.15, 0.2) is 36.8 Å². The summed E-state index contributed by atoms with van der Waals surface area (Å²) in [4.78, 5) is 13.2. The van der Waals surface area contributed by atoms with Crippen molar-refractivity contribution in [2.75, 3.05) is 5.32 Å². The second kappa shape index (κ2) is 5.87. The number of hydrogen-bond acceptors (Lipinski definition) is 5. The zero-order chi connectivity index (χ0) is 15.6. The molecule has 118 valence electrons. The monoisotopic (exact) mass is 309 g/mol. The van der Waals surface area contributed by atoms with Crippen molar-refractivity contribution in [2.45, 2.75) is 38.1 Å². The summed E-state index contributed by atoms with van der Waals surface area (Å²) in [6.45, 7) is 0. The van der Waals surface area contributed by atoms with E-state index in [4.69, 9.17) is 0 Å². The van der Waals surface area contributed by atoms with Gasteiger partial charge in [0.2, 0.25) is 5.95 Å². The molecule has 2 N–H and O–H groups in total. The Morgan fingerprint density at radius 1 is 1.13 bits per heavy atom. The van der Waals surface area contributed by atoms with E-state index in [0.29, 0.717) is 17.6 Å². The molecule has 4 rings (SSSR count). The lowest BCUT2D eigenvalue weighted by Crippen LogP contribution is -2.23. The molecule has 1 fully saturated rings. The molecule has 6 nitrogen and oxygen atoms in total. The number of rotatable bonds is 3. The fourth-order valence-corrected chi connectivity index (χ4v) is 3.19. The molecule has 0 aromatic carbocycles. The lowest BCUT2D eigenvalue weighted by atomic mass is 9.96. The van der Waals surface area contributed by atoms with Gasteiger partial charge in [0.05, 0.1) is 17.6 Å². The van der Waals surface area contributed by atoms with E-state index in [2.05, 4.69) is 20.3 Å². The summed E-state index contributed by atoms with van der Waals surface area (Å²) >= 11 is 0. The van der Waals surface area contributed by atoms with Crippen molar-refractivity contribution < 1.29 is 5.11 Å². The molecule has 0 atom stereocenters. The van der Waals surface area contributed by atoms with Crippen LogP contribution in [0.2, 0.25) is 0 Å². The minimum Gasteiger partial charge on any atom is -0.504 e. The molecule has 23 heavy (non-hydrogen) atoms. The summed E-state index contributed by atoms with van der Waals surface area (Å²) < 4.78 is 1.84. The molecule has 0 radical (unpaired) electrons. The number of anilines is 1. The van der Waals surface area contributed by atoms with E-state index in [1.165, 1.54) is 32.1 Å². The number of fused-ring (bicyclic) bond motifs is 1. The molecule has 3 aromatic rings. The molecule has 1 saturated carbocycles. The molecule has 0 bridgehead atoms. The van der Waals surface area contributed by atoms with Gasteiger partial charge in [0, 0.05) is 18.4 Å². The molecule has 0 spiro atoms. The lowest BCUT2D eigenvalue weighted by Gasteiger charge is -2.22. The van der Waals surface area contributed by atoms with Crippen molar-refractivity contribution >= 4 is 11.6 Å². The van der Waals surface area contributed by atoms with Gasteiger partial charge in [0.1, 0.15) is 0 Å². The molecule has 0 unspecified atom stereocenters. The third-order valence-corrected chi connectivity index (χ3v) is 4.37. The summed E-state index contributed by atoms with van der Waals surface area (Å²) in [7, 11) is 0. The Bertz CT molecular complexity index is 823. The zero-order valence-electron chi connectivity index (χ0n) is 12.8. The Morgan fingerprint density at radius 2 is 2.00 bits per heavy atom. The number of nitrogens with one attached hydrogen (secondary N) is 1. The highest BCUT2D eigenvalue weighted by atomic mass is 16.3. The predicted octanol–water partition coefficient (Wildman–Crippen LogP) is 3.24. The molecule has 1 aliphatic rings. The van der Waals surface area contributed by atoms with Gasteiger partial charge in [-0.05, 0) is 31.0 Å². The van der Waals surface area contributed by atoms with Crippen LogP contribution in [-0.2, 0) is 0 Å². The highest BCUT2D eigenvalue weighted by molar-refractivity contribution is 5.64. The Morgan fingerprint density at radius 3 is 2.87 bits per heavy atom.